The third-order valence-corrected chi connectivity index (χ3v) is 6.92. The minimum Gasteiger partial charge on any atom is -0.487 e. The second kappa shape index (κ2) is 10.4. The topological polar surface area (TPSA) is 104 Å². The van der Waals surface area contributed by atoms with Gasteiger partial charge < -0.3 is 9.15 Å². The van der Waals surface area contributed by atoms with Crippen LogP contribution in [0.15, 0.2) is 82.4 Å². The molecule has 1 aliphatic heterocycles. The summed E-state index contributed by atoms with van der Waals surface area (Å²) in [6.45, 7) is 2.30. The highest BCUT2D eigenvalue weighted by molar-refractivity contribution is 8.26. The van der Waals surface area contributed by atoms with Gasteiger partial charge in [-0.25, -0.2) is 4.68 Å². The summed E-state index contributed by atoms with van der Waals surface area (Å²) in [5, 5.41) is 16.4. The molecule has 0 spiro atoms. The van der Waals surface area contributed by atoms with E-state index < -0.39 is 4.92 Å². The van der Waals surface area contributed by atoms with E-state index in [4.69, 9.17) is 26.5 Å². The largest absolute Gasteiger partial charge is 0.487 e. The standard InChI is InChI=1S/C26H20N4O5S2/c1-2-34-22-11-10-17(13-21(22)30(32)33)24-18(15-29(27-24)19-7-4-3-5-8-19)14-23-25(31)28(26(36)37-23)16-20-9-6-12-35-20/h3-15H,2,16H2,1H3. The number of carbonyl (C=O) groups excluding carboxylic acids is 1. The van der Waals surface area contributed by atoms with E-state index in [1.807, 2.05) is 30.3 Å². The molecule has 5 rings (SSSR count). The van der Waals surface area contributed by atoms with Gasteiger partial charge in [-0.3, -0.25) is 19.8 Å². The number of benzene rings is 2. The summed E-state index contributed by atoms with van der Waals surface area (Å²) in [6, 6.07) is 17.7. The van der Waals surface area contributed by atoms with E-state index in [1.54, 1.807) is 54.4 Å². The normalized spacial score (nSPS) is 14.5. The lowest BCUT2D eigenvalue weighted by Crippen LogP contribution is -2.27. The lowest BCUT2D eigenvalue weighted by molar-refractivity contribution is -0.385. The van der Waals surface area contributed by atoms with E-state index in [1.165, 1.54) is 22.7 Å². The molecule has 9 nitrogen and oxygen atoms in total. The fourth-order valence-corrected chi connectivity index (χ4v) is 5.10. The van der Waals surface area contributed by atoms with E-state index >= 15 is 0 Å². The maximum atomic E-state index is 13.2. The number of thioether (sulfide) groups is 1. The monoisotopic (exact) mass is 532 g/mol. The average molecular weight is 533 g/mol. The van der Waals surface area contributed by atoms with Gasteiger partial charge in [0, 0.05) is 23.4 Å². The first-order chi connectivity index (χ1) is 17.9. The molecule has 1 aliphatic rings. The number of ether oxygens (including phenoxy) is 1. The molecule has 0 radical (unpaired) electrons. The van der Waals surface area contributed by atoms with Crippen molar-refractivity contribution in [2.45, 2.75) is 13.5 Å². The summed E-state index contributed by atoms with van der Waals surface area (Å²) >= 11 is 6.64. The number of furan rings is 1. The quantitative estimate of drug-likeness (QED) is 0.121. The summed E-state index contributed by atoms with van der Waals surface area (Å²) in [6.07, 6.45) is 5.04. The number of nitro benzene ring substituents is 1. The van der Waals surface area contributed by atoms with Gasteiger partial charge in [0.2, 0.25) is 0 Å². The Morgan fingerprint density at radius 3 is 2.70 bits per heavy atom. The predicted octanol–water partition coefficient (Wildman–Crippen LogP) is 5.84. The number of thiocarbonyl (C=S) groups is 1. The summed E-state index contributed by atoms with van der Waals surface area (Å²) in [5.74, 6) is 0.554. The Labute approximate surface area is 221 Å². The summed E-state index contributed by atoms with van der Waals surface area (Å²) < 4.78 is 12.9. The summed E-state index contributed by atoms with van der Waals surface area (Å²) in [5.41, 5.74) is 2.24. The first-order valence-electron chi connectivity index (χ1n) is 11.3. The highest BCUT2D eigenvalue weighted by Crippen LogP contribution is 2.37. The van der Waals surface area contributed by atoms with Gasteiger partial charge in [0.15, 0.2) is 5.75 Å². The van der Waals surface area contributed by atoms with Crippen molar-refractivity contribution in [3.8, 4) is 22.7 Å². The number of nitrogens with zero attached hydrogens (tertiary/aromatic N) is 4. The van der Waals surface area contributed by atoms with Crippen molar-refractivity contribution in [1.82, 2.24) is 14.7 Å². The van der Waals surface area contributed by atoms with Crippen molar-refractivity contribution in [3.05, 3.63) is 99.5 Å². The van der Waals surface area contributed by atoms with Crippen LogP contribution in [0.5, 0.6) is 5.75 Å². The van der Waals surface area contributed by atoms with Gasteiger partial charge in [0.25, 0.3) is 5.91 Å². The number of aromatic nitrogens is 2. The Morgan fingerprint density at radius 2 is 2.00 bits per heavy atom. The van der Waals surface area contributed by atoms with Gasteiger partial charge in [-0.1, -0.05) is 42.2 Å². The molecule has 1 saturated heterocycles. The molecule has 1 fully saturated rings. The molecule has 0 aliphatic carbocycles. The van der Waals surface area contributed by atoms with Gasteiger partial charge in [-0.15, -0.1) is 0 Å². The molecule has 4 aromatic rings. The molecule has 0 N–H and O–H groups in total. The van der Waals surface area contributed by atoms with Crippen LogP contribution in [0.1, 0.15) is 18.2 Å². The number of para-hydroxylation sites is 1. The van der Waals surface area contributed by atoms with E-state index in [0.29, 0.717) is 38.4 Å². The van der Waals surface area contributed by atoms with Gasteiger partial charge in [0.1, 0.15) is 15.8 Å². The Bertz CT molecular complexity index is 1510. The van der Waals surface area contributed by atoms with E-state index in [9.17, 15) is 14.9 Å². The van der Waals surface area contributed by atoms with Crippen LogP contribution in [0.2, 0.25) is 0 Å². The van der Waals surface area contributed by atoms with Crippen molar-refractivity contribution < 1.29 is 18.9 Å². The molecule has 0 saturated carbocycles. The highest BCUT2D eigenvalue weighted by Gasteiger charge is 2.33. The van der Waals surface area contributed by atoms with E-state index in [0.717, 1.165) is 5.69 Å². The molecule has 2 aromatic heterocycles. The molecule has 186 valence electrons. The minimum absolute atomic E-state index is 0.163. The smallest absolute Gasteiger partial charge is 0.311 e. The number of hydrogen-bond acceptors (Lipinski definition) is 8. The molecule has 0 bridgehead atoms. The van der Waals surface area contributed by atoms with Crippen molar-refractivity contribution in [2.24, 2.45) is 0 Å². The molecular formula is C26H20N4O5S2. The fourth-order valence-electron chi connectivity index (χ4n) is 3.85. The maximum absolute atomic E-state index is 13.2. The van der Waals surface area contributed by atoms with Gasteiger partial charge in [-0.05, 0) is 49.4 Å². The van der Waals surface area contributed by atoms with Gasteiger partial charge in [-0.2, -0.15) is 5.10 Å². The molecule has 3 heterocycles. The van der Waals surface area contributed by atoms with Crippen LogP contribution in [-0.4, -0.2) is 36.4 Å². The first-order valence-corrected chi connectivity index (χ1v) is 12.5. The van der Waals surface area contributed by atoms with Crippen LogP contribution in [0.25, 0.3) is 23.0 Å². The van der Waals surface area contributed by atoms with Crippen LogP contribution < -0.4 is 4.74 Å². The Balaban J connectivity index is 1.58. The van der Waals surface area contributed by atoms with Crippen molar-refractivity contribution in [3.63, 3.8) is 0 Å². The van der Waals surface area contributed by atoms with Crippen molar-refractivity contribution in [1.29, 1.82) is 0 Å². The molecule has 37 heavy (non-hydrogen) atoms. The van der Waals surface area contributed by atoms with E-state index in [-0.39, 0.29) is 23.9 Å². The van der Waals surface area contributed by atoms with Crippen LogP contribution >= 0.6 is 24.0 Å². The zero-order valence-electron chi connectivity index (χ0n) is 19.6. The molecule has 1 amide bonds. The molecular weight excluding hydrogens is 512 g/mol. The summed E-state index contributed by atoms with van der Waals surface area (Å²) in [4.78, 5) is 26.4. The lowest BCUT2D eigenvalue weighted by Gasteiger charge is -2.11. The molecule has 11 heteroatoms. The number of carbonyl (C=O) groups is 1. The number of hydrogen-bond donors (Lipinski definition) is 0. The van der Waals surface area contributed by atoms with Gasteiger partial charge >= 0.3 is 5.69 Å². The average Bonchev–Trinajstić information content (AvgIpc) is 3.62. The SMILES string of the molecule is CCOc1ccc(-c2nn(-c3ccccc3)cc2C=C2SC(=S)N(Cc3ccco3)C2=O)cc1[N+](=O)[O-]. The molecule has 0 unspecified atom stereocenters. The number of rotatable bonds is 8. The Kier molecular flexibility index (Phi) is 6.89. The fraction of sp³-hybridized carbons (Fsp3) is 0.115. The van der Waals surface area contributed by atoms with Crippen LogP contribution in [0, 0.1) is 10.1 Å². The van der Waals surface area contributed by atoms with Crippen molar-refractivity contribution in [2.75, 3.05) is 6.61 Å². The summed E-state index contributed by atoms with van der Waals surface area (Å²) in [7, 11) is 0. The van der Waals surface area contributed by atoms with E-state index in [2.05, 4.69) is 0 Å². The third kappa shape index (κ3) is 5.04. The van der Waals surface area contributed by atoms with Gasteiger partial charge in [0.05, 0.1) is 34.9 Å². The zero-order valence-corrected chi connectivity index (χ0v) is 21.2. The maximum Gasteiger partial charge on any atom is 0.311 e. The van der Waals surface area contributed by atoms with Crippen LogP contribution in [-0.2, 0) is 11.3 Å². The second-order valence-electron chi connectivity index (χ2n) is 7.93. The minimum atomic E-state index is -0.484. The van der Waals surface area contributed by atoms with Crippen LogP contribution in [0.4, 0.5) is 5.69 Å². The van der Waals surface area contributed by atoms with Crippen LogP contribution in [0.3, 0.4) is 0 Å². The second-order valence-corrected chi connectivity index (χ2v) is 9.61. The predicted molar refractivity (Wildman–Crippen MR) is 144 cm³/mol. The molecule has 0 atom stereocenters. The Hall–Kier alpha value is -4.22. The highest BCUT2D eigenvalue weighted by atomic mass is 32.2. The third-order valence-electron chi connectivity index (χ3n) is 5.55. The number of nitro groups is 1. The Morgan fingerprint density at radius 1 is 1.19 bits per heavy atom. The zero-order chi connectivity index (χ0) is 25.9. The first kappa shape index (κ1) is 24.5. The molecule has 2 aromatic carbocycles. The lowest BCUT2D eigenvalue weighted by atomic mass is 10.1. The number of amides is 1. The van der Waals surface area contributed by atoms with Crippen molar-refractivity contribution >= 4 is 46.0 Å².